The Morgan fingerprint density at radius 3 is 2.47 bits per heavy atom. The number of aromatic hydroxyl groups is 1. The smallest absolute Gasteiger partial charge is 0.340 e. The molecule has 3 rings (SSSR count). The van der Waals surface area contributed by atoms with Crippen LogP contribution in [0, 0.1) is 0 Å². The van der Waals surface area contributed by atoms with E-state index in [0.29, 0.717) is 12.8 Å². The summed E-state index contributed by atoms with van der Waals surface area (Å²) < 4.78 is 4.86. The first-order valence-corrected chi connectivity index (χ1v) is 6.39. The highest BCUT2D eigenvalue weighted by Crippen LogP contribution is 2.36. The second-order valence-corrected chi connectivity index (χ2v) is 5.22. The van der Waals surface area contributed by atoms with Gasteiger partial charge in [-0.05, 0) is 25.7 Å². The number of carbonyl (C=O) groups is 1. The van der Waals surface area contributed by atoms with Crippen molar-refractivity contribution < 1.29 is 19.4 Å². The molecule has 2 saturated heterocycles. The third kappa shape index (κ3) is 2.12. The molecule has 1 unspecified atom stereocenters. The van der Waals surface area contributed by atoms with Crippen LogP contribution in [0.1, 0.15) is 36.2 Å². The van der Waals surface area contributed by atoms with Gasteiger partial charge in [-0.15, -0.1) is 0 Å². The molecule has 2 N–H and O–H groups in total. The van der Waals surface area contributed by atoms with Gasteiger partial charge in [-0.2, -0.15) is 0 Å². The molecule has 2 fully saturated rings. The molecule has 3 atom stereocenters. The van der Waals surface area contributed by atoms with E-state index in [1.54, 1.807) is 4.90 Å². The van der Waals surface area contributed by atoms with E-state index in [2.05, 4.69) is 0 Å². The summed E-state index contributed by atoms with van der Waals surface area (Å²) in [5, 5.41) is 19.1. The lowest BCUT2D eigenvalue weighted by molar-refractivity contribution is 0.0260. The van der Waals surface area contributed by atoms with Gasteiger partial charge in [0.15, 0.2) is 5.76 Å². The fourth-order valence-electron chi connectivity index (χ4n) is 3.18. The molecule has 102 valence electrons. The minimum atomic E-state index is -0.743. The van der Waals surface area contributed by atoms with E-state index in [-0.39, 0.29) is 35.6 Å². The van der Waals surface area contributed by atoms with E-state index in [4.69, 9.17) is 4.42 Å². The first-order chi connectivity index (χ1) is 9.04. The van der Waals surface area contributed by atoms with Crippen LogP contribution in [0.3, 0.4) is 0 Å². The predicted molar refractivity (Wildman–Crippen MR) is 64.9 cm³/mol. The lowest BCUT2D eigenvalue weighted by Crippen LogP contribution is -2.48. The van der Waals surface area contributed by atoms with Gasteiger partial charge in [-0.3, -0.25) is 4.79 Å². The number of aliphatic hydroxyl groups is 1. The third-order valence-electron chi connectivity index (χ3n) is 3.91. The first kappa shape index (κ1) is 12.2. The van der Waals surface area contributed by atoms with Gasteiger partial charge in [0.25, 0.3) is 5.91 Å². The number of fused-ring (bicyclic) bond motifs is 2. The average Bonchev–Trinajstić information content (AvgIpc) is 2.59. The van der Waals surface area contributed by atoms with Crippen LogP contribution in [0.4, 0.5) is 0 Å². The molecule has 6 heteroatoms. The van der Waals surface area contributed by atoms with E-state index in [1.807, 2.05) is 0 Å². The maximum absolute atomic E-state index is 12.4. The molecule has 19 heavy (non-hydrogen) atoms. The van der Waals surface area contributed by atoms with E-state index >= 15 is 0 Å². The van der Waals surface area contributed by atoms with E-state index in [1.165, 1.54) is 0 Å². The topological polar surface area (TPSA) is 91.0 Å². The normalized spacial score (nSPS) is 29.5. The average molecular weight is 265 g/mol. The van der Waals surface area contributed by atoms with Crippen LogP contribution in [0.2, 0.25) is 0 Å². The zero-order valence-electron chi connectivity index (χ0n) is 10.3. The molecule has 0 spiro atoms. The Morgan fingerprint density at radius 2 is 1.89 bits per heavy atom. The van der Waals surface area contributed by atoms with Gasteiger partial charge in [-0.25, -0.2) is 4.79 Å². The Labute approximate surface area is 109 Å². The lowest BCUT2D eigenvalue weighted by atomic mass is 9.99. The number of nitrogens with zero attached hydrogens (tertiary/aromatic N) is 1. The molecule has 2 aliphatic heterocycles. The Hall–Kier alpha value is -1.82. The highest BCUT2D eigenvalue weighted by molar-refractivity contribution is 5.92. The summed E-state index contributed by atoms with van der Waals surface area (Å²) in [5.74, 6) is -0.797. The number of aliphatic hydroxyl groups excluding tert-OH is 1. The first-order valence-electron chi connectivity index (χ1n) is 6.39. The van der Waals surface area contributed by atoms with Crippen LogP contribution >= 0.6 is 0 Å². The second kappa shape index (κ2) is 4.38. The maximum Gasteiger partial charge on any atom is 0.340 e. The maximum atomic E-state index is 12.4. The van der Waals surface area contributed by atoms with E-state index < -0.39 is 5.63 Å². The molecule has 1 aromatic heterocycles. The molecule has 2 bridgehead atoms. The molecule has 1 amide bonds. The van der Waals surface area contributed by atoms with Crippen LogP contribution < -0.4 is 5.63 Å². The summed E-state index contributed by atoms with van der Waals surface area (Å²) in [6.45, 7) is 0. The van der Waals surface area contributed by atoms with Gasteiger partial charge in [0, 0.05) is 18.2 Å². The van der Waals surface area contributed by atoms with Crippen molar-refractivity contribution in [1.29, 1.82) is 0 Å². The fraction of sp³-hybridized carbons (Fsp3) is 0.538. The SMILES string of the molecule is O=C(c1cc(O)cc(=O)o1)N1[C@@H]2CC[C@H]1CC(O)C2. The minimum Gasteiger partial charge on any atom is -0.508 e. The fourth-order valence-corrected chi connectivity index (χ4v) is 3.18. The third-order valence-corrected chi connectivity index (χ3v) is 3.91. The van der Waals surface area contributed by atoms with Crippen molar-refractivity contribution in [1.82, 2.24) is 4.90 Å². The summed E-state index contributed by atoms with van der Waals surface area (Å²) in [7, 11) is 0. The molecule has 2 aliphatic rings. The summed E-state index contributed by atoms with van der Waals surface area (Å²) in [6, 6.07) is 2.07. The lowest BCUT2D eigenvalue weighted by Gasteiger charge is -2.36. The summed E-state index contributed by atoms with van der Waals surface area (Å²) in [5.41, 5.74) is -0.743. The predicted octanol–water partition coefficient (Wildman–Crippen LogP) is 0.473. The number of carbonyl (C=O) groups excluding carboxylic acids is 1. The Morgan fingerprint density at radius 1 is 1.26 bits per heavy atom. The largest absolute Gasteiger partial charge is 0.508 e. The van der Waals surface area contributed by atoms with Crippen LogP contribution in [0.15, 0.2) is 21.3 Å². The van der Waals surface area contributed by atoms with Crippen LogP contribution in [-0.2, 0) is 0 Å². The summed E-state index contributed by atoms with van der Waals surface area (Å²) in [4.78, 5) is 25.2. The van der Waals surface area contributed by atoms with Crippen LogP contribution in [-0.4, -0.2) is 39.2 Å². The van der Waals surface area contributed by atoms with Crippen molar-refractivity contribution in [3.63, 3.8) is 0 Å². The van der Waals surface area contributed by atoms with Gasteiger partial charge in [0.2, 0.25) is 0 Å². The molecule has 0 aliphatic carbocycles. The van der Waals surface area contributed by atoms with Gasteiger partial charge >= 0.3 is 5.63 Å². The molecular weight excluding hydrogens is 250 g/mol. The monoisotopic (exact) mass is 265 g/mol. The Kier molecular flexibility index (Phi) is 2.82. The van der Waals surface area contributed by atoms with Crippen LogP contribution in [0.25, 0.3) is 0 Å². The van der Waals surface area contributed by atoms with Crippen LogP contribution in [0.5, 0.6) is 5.75 Å². The summed E-state index contributed by atoms with van der Waals surface area (Å²) >= 11 is 0. The quantitative estimate of drug-likeness (QED) is 0.770. The molecule has 3 heterocycles. The molecule has 6 nitrogen and oxygen atoms in total. The molecule has 0 aromatic carbocycles. The van der Waals surface area contributed by atoms with Crippen molar-refractivity contribution in [2.24, 2.45) is 0 Å². The molecule has 0 saturated carbocycles. The van der Waals surface area contributed by atoms with Gasteiger partial charge in [0.1, 0.15) is 5.75 Å². The Balaban J connectivity index is 1.90. The highest BCUT2D eigenvalue weighted by atomic mass is 16.4. The van der Waals surface area contributed by atoms with Crippen molar-refractivity contribution >= 4 is 5.91 Å². The van der Waals surface area contributed by atoms with E-state index in [9.17, 15) is 19.8 Å². The molecule has 0 radical (unpaired) electrons. The second-order valence-electron chi connectivity index (χ2n) is 5.22. The number of amides is 1. The number of piperidine rings is 1. The number of hydrogen-bond acceptors (Lipinski definition) is 5. The van der Waals surface area contributed by atoms with Crippen molar-refractivity contribution in [3.05, 3.63) is 28.3 Å². The Bertz CT molecular complexity index is 552. The molecule has 1 aromatic rings. The van der Waals surface area contributed by atoms with Crippen molar-refractivity contribution in [3.8, 4) is 5.75 Å². The number of hydrogen-bond donors (Lipinski definition) is 2. The van der Waals surface area contributed by atoms with E-state index in [0.717, 1.165) is 25.0 Å². The van der Waals surface area contributed by atoms with Crippen molar-refractivity contribution in [2.75, 3.05) is 0 Å². The molecular formula is C13H15NO5. The zero-order chi connectivity index (χ0) is 13.6. The highest BCUT2D eigenvalue weighted by Gasteiger charge is 2.43. The standard InChI is InChI=1S/C13H15NO5/c15-9-3-7-1-2-8(4-9)14(7)13(18)11-5-10(16)6-12(17)19-11/h5-9,15-16H,1-4H2/t7-,8+,9?. The number of rotatable bonds is 1. The zero-order valence-corrected chi connectivity index (χ0v) is 10.3. The van der Waals surface area contributed by atoms with Gasteiger partial charge in [-0.1, -0.05) is 0 Å². The van der Waals surface area contributed by atoms with Gasteiger partial charge < -0.3 is 19.5 Å². The minimum absolute atomic E-state index is 0.00565. The summed E-state index contributed by atoms with van der Waals surface area (Å²) in [6.07, 6.45) is 2.47. The van der Waals surface area contributed by atoms with Gasteiger partial charge in [0.05, 0.1) is 12.2 Å². The van der Waals surface area contributed by atoms with Crippen molar-refractivity contribution in [2.45, 2.75) is 43.9 Å².